The summed E-state index contributed by atoms with van der Waals surface area (Å²) < 4.78 is 10.3. The lowest BCUT2D eigenvalue weighted by Gasteiger charge is -2.42. The van der Waals surface area contributed by atoms with Gasteiger partial charge in [0.05, 0.1) is 19.1 Å². The van der Waals surface area contributed by atoms with E-state index in [1.165, 1.54) is 5.56 Å². The standard InChI is InChI=1S/C21H22N2O4.C9H12O/c1-14-18(20(25)27-13-16-9-5-3-6-10-16)23(19(14)24)21(26)22-15(2)17-11-7-4-8-12-17;1-3-8-4-6-9(10-2)7-5-8/h3-12,14-15,18H,13H2,1-2H3,(H,22,26);4-7H,3H2,1-2H3. The van der Waals surface area contributed by atoms with Gasteiger partial charge in [-0.25, -0.2) is 14.5 Å². The summed E-state index contributed by atoms with van der Waals surface area (Å²) in [4.78, 5) is 38.1. The topological polar surface area (TPSA) is 84.9 Å². The number of ether oxygens (including phenoxy) is 2. The Kier molecular flexibility index (Phi) is 9.84. The van der Waals surface area contributed by atoms with Crippen molar-refractivity contribution >= 4 is 17.9 Å². The van der Waals surface area contributed by atoms with E-state index in [1.807, 2.05) is 79.7 Å². The van der Waals surface area contributed by atoms with Gasteiger partial charge >= 0.3 is 12.0 Å². The fraction of sp³-hybridized carbons (Fsp3) is 0.300. The molecule has 1 aliphatic heterocycles. The highest BCUT2D eigenvalue weighted by Crippen LogP contribution is 2.28. The van der Waals surface area contributed by atoms with Gasteiger partial charge in [-0.1, -0.05) is 86.6 Å². The van der Waals surface area contributed by atoms with Crippen LogP contribution >= 0.6 is 0 Å². The van der Waals surface area contributed by atoms with E-state index in [4.69, 9.17) is 9.47 Å². The lowest BCUT2D eigenvalue weighted by molar-refractivity contribution is -0.169. The number of carbonyl (C=O) groups is 3. The Morgan fingerprint density at radius 2 is 1.51 bits per heavy atom. The smallest absolute Gasteiger partial charge is 0.330 e. The molecule has 1 aliphatic rings. The zero-order chi connectivity index (χ0) is 26.8. The summed E-state index contributed by atoms with van der Waals surface area (Å²) in [5, 5.41) is 2.77. The van der Waals surface area contributed by atoms with E-state index >= 15 is 0 Å². The van der Waals surface area contributed by atoms with Crippen molar-refractivity contribution in [2.75, 3.05) is 7.11 Å². The summed E-state index contributed by atoms with van der Waals surface area (Å²) in [5.74, 6) is -0.605. The van der Waals surface area contributed by atoms with Crippen LogP contribution in [-0.2, 0) is 27.4 Å². The number of carbonyl (C=O) groups excluding carboxylic acids is 3. The van der Waals surface area contributed by atoms with Crippen LogP contribution in [-0.4, -0.2) is 36.0 Å². The Hall–Kier alpha value is -4.13. The van der Waals surface area contributed by atoms with E-state index < -0.39 is 24.0 Å². The number of hydrogen-bond acceptors (Lipinski definition) is 5. The Bertz CT molecular complexity index is 1140. The highest BCUT2D eigenvalue weighted by molar-refractivity contribution is 6.07. The van der Waals surface area contributed by atoms with Crippen LogP contribution < -0.4 is 10.1 Å². The SMILES string of the molecule is CC(NC(=O)N1C(=O)C(C)C1C(=O)OCc1ccccc1)c1ccccc1.CCc1ccc(OC)cc1. The number of urea groups is 1. The van der Waals surface area contributed by atoms with Gasteiger partial charge in [0, 0.05) is 0 Å². The van der Waals surface area contributed by atoms with Crippen molar-refractivity contribution in [2.45, 2.75) is 45.9 Å². The van der Waals surface area contributed by atoms with E-state index in [0.29, 0.717) is 0 Å². The van der Waals surface area contributed by atoms with E-state index in [0.717, 1.165) is 28.2 Å². The summed E-state index contributed by atoms with van der Waals surface area (Å²) in [7, 11) is 1.68. The first-order valence-corrected chi connectivity index (χ1v) is 12.4. The maximum Gasteiger partial charge on any atom is 0.330 e. The molecule has 0 bridgehead atoms. The number of esters is 1. The number of likely N-dealkylation sites (tertiary alicyclic amines) is 1. The summed E-state index contributed by atoms with van der Waals surface area (Å²) >= 11 is 0. The average molecular weight is 503 g/mol. The molecule has 37 heavy (non-hydrogen) atoms. The fourth-order valence-corrected chi connectivity index (χ4v) is 3.92. The number of aryl methyl sites for hydroxylation is 1. The molecule has 3 aromatic carbocycles. The van der Waals surface area contributed by atoms with Gasteiger partial charge in [0.2, 0.25) is 5.91 Å². The molecule has 4 rings (SSSR count). The maximum absolute atomic E-state index is 12.5. The molecule has 1 N–H and O–H groups in total. The molecule has 3 unspecified atom stereocenters. The van der Waals surface area contributed by atoms with Crippen LogP contribution in [0.5, 0.6) is 5.75 Å². The number of imide groups is 1. The minimum absolute atomic E-state index is 0.104. The summed E-state index contributed by atoms with van der Waals surface area (Å²) in [5.41, 5.74) is 3.11. The van der Waals surface area contributed by atoms with E-state index in [2.05, 4.69) is 24.4 Å². The third kappa shape index (κ3) is 7.19. The average Bonchev–Trinajstić information content (AvgIpc) is 2.95. The number of benzene rings is 3. The van der Waals surface area contributed by atoms with Crippen LogP contribution in [0.2, 0.25) is 0 Å². The van der Waals surface area contributed by atoms with Gasteiger partial charge in [0.15, 0.2) is 6.04 Å². The van der Waals surface area contributed by atoms with Gasteiger partial charge < -0.3 is 14.8 Å². The minimum atomic E-state index is -0.899. The Labute approximate surface area is 218 Å². The largest absolute Gasteiger partial charge is 0.497 e. The predicted octanol–water partition coefficient (Wildman–Crippen LogP) is 5.31. The van der Waals surface area contributed by atoms with Gasteiger partial charge in [-0.3, -0.25) is 4.79 Å². The van der Waals surface area contributed by atoms with Crippen LogP contribution in [0.3, 0.4) is 0 Å². The van der Waals surface area contributed by atoms with Gasteiger partial charge in [0.1, 0.15) is 12.4 Å². The molecule has 7 nitrogen and oxygen atoms in total. The summed E-state index contributed by atoms with van der Waals surface area (Å²) in [6.07, 6.45) is 1.09. The second-order valence-electron chi connectivity index (χ2n) is 8.82. The van der Waals surface area contributed by atoms with Gasteiger partial charge in [-0.15, -0.1) is 0 Å². The molecule has 0 aliphatic carbocycles. The number of amides is 3. The number of hydrogen-bond donors (Lipinski definition) is 1. The molecule has 1 saturated heterocycles. The normalized spacial score (nSPS) is 17.0. The van der Waals surface area contributed by atoms with Crippen molar-refractivity contribution < 1.29 is 23.9 Å². The van der Waals surface area contributed by atoms with E-state index in [9.17, 15) is 14.4 Å². The van der Waals surface area contributed by atoms with Crippen LogP contribution in [0, 0.1) is 5.92 Å². The zero-order valence-electron chi connectivity index (χ0n) is 21.7. The summed E-state index contributed by atoms with van der Waals surface area (Å²) in [6, 6.07) is 25.0. The first-order chi connectivity index (χ1) is 17.8. The van der Waals surface area contributed by atoms with Crippen LogP contribution in [0.15, 0.2) is 84.9 Å². The van der Waals surface area contributed by atoms with E-state index in [-0.39, 0.29) is 18.6 Å². The van der Waals surface area contributed by atoms with Gasteiger partial charge in [-0.2, -0.15) is 0 Å². The molecule has 194 valence electrons. The number of rotatable bonds is 7. The monoisotopic (exact) mass is 502 g/mol. The molecule has 0 saturated carbocycles. The number of nitrogens with one attached hydrogen (secondary N) is 1. The first kappa shape index (κ1) is 27.5. The molecule has 7 heteroatoms. The fourth-order valence-electron chi connectivity index (χ4n) is 3.92. The van der Waals surface area contributed by atoms with E-state index in [1.54, 1.807) is 14.0 Å². The van der Waals surface area contributed by atoms with Crippen molar-refractivity contribution in [3.05, 3.63) is 102 Å². The third-order valence-electron chi connectivity index (χ3n) is 6.27. The Balaban J connectivity index is 0.000000319. The molecule has 3 atom stereocenters. The zero-order valence-corrected chi connectivity index (χ0v) is 21.7. The van der Waals surface area contributed by atoms with Gasteiger partial charge in [-0.05, 0) is 42.2 Å². The van der Waals surface area contributed by atoms with Crippen molar-refractivity contribution in [3.8, 4) is 5.75 Å². The highest BCUT2D eigenvalue weighted by Gasteiger charge is 2.53. The number of methoxy groups -OCH3 is 1. The second-order valence-corrected chi connectivity index (χ2v) is 8.82. The van der Waals surface area contributed by atoms with Crippen molar-refractivity contribution in [2.24, 2.45) is 5.92 Å². The molecule has 1 fully saturated rings. The van der Waals surface area contributed by atoms with Gasteiger partial charge in [0.25, 0.3) is 0 Å². The van der Waals surface area contributed by atoms with Crippen molar-refractivity contribution in [3.63, 3.8) is 0 Å². The molecule has 0 spiro atoms. The second kappa shape index (κ2) is 13.3. The predicted molar refractivity (Wildman–Crippen MR) is 142 cm³/mol. The molecular formula is C30H34N2O5. The molecular weight excluding hydrogens is 468 g/mol. The first-order valence-electron chi connectivity index (χ1n) is 12.4. The van der Waals surface area contributed by atoms with Crippen molar-refractivity contribution in [1.82, 2.24) is 10.2 Å². The number of nitrogens with zero attached hydrogens (tertiary/aromatic N) is 1. The quantitative estimate of drug-likeness (QED) is 0.350. The summed E-state index contributed by atoms with van der Waals surface area (Å²) in [6.45, 7) is 5.69. The van der Waals surface area contributed by atoms with Crippen LogP contribution in [0.25, 0.3) is 0 Å². The maximum atomic E-state index is 12.5. The molecule has 1 heterocycles. The molecule has 0 aromatic heterocycles. The Morgan fingerprint density at radius 1 is 0.919 bits per heavy atom. The number of β-lactam (4-membered cyclic amide) rings is 1. The highest BCUT2D eigenvalue weighted by atomic mass is 16.5. The lowest BCUT2D eigenvalue weighted by Crippen LogP contribution is -2.67. The minimum Gasteiger partial charge on any atom is -0.497 e. The third-order valence-corrected chi connectivity index (χ3v) is 6.27. The molecule has 3 aromatic rings. The van der Waals surface area contributed by atoms with Crippen LogP contribution in [0.4, 0.5) is 4.79 Å². The van der Waals surface area contributed by atoms with Crippen LogP contribution in [0.1, 0.15) is 43.5 Å². The Morgan fingerprint density at radius 3 is 2.08 bits per heavy atom. The lowest BCUT2D eigenvalue weighted by atomic mass is 9.89. The molecule has 3 amide bonds. The molecule has 0 radical (unpaired) electrons. The van der Waals surface area contributed by atoms with Crippen molar-refractivity contribution in [1.29, 1.82) is 0 Å².